The molecule has 0 unspecified atom stereocenters. The molecule has 2 nitrogen and oxygen atoms in total. The lowest BCUT2D eigenvalue weighted by Crippen LogP contribution is -2.24. The zero-order valence-electron chi connectivity index (χ0n) is 10.3. The Kier molecular flexibility index (Phi) is 13.6. The molecular formula is C13H23NO. The molecule has 0 saturated carbocycles. The fourth-order valence-electron chi connectivity index (χ4n) is 0.865. The number of rotatable bonds is 5. The number of carbonyl (C=O) groups excluding carboxylic acids is 1. The van der Waals surface area contributed by atoms with Gasteiger partial charge in [0.1, 0.15) is 0 Å². The summed E-state index contributed by atoms with van der Waals surface area (Å²) < 4.78 is 0. The Balaban J connectivity index is 0. The van der Waals surface area contributed by atoms with E-state index in [4.69, 9.17) is 0 Å². The SMILES string of the molecule is C=C/C=C(\C=C/C)CNC(=O)CC.CC. The Morgan fingerprint density at radius 2 is 2.00 bits per heavy atom. The molecule has 2 heteroatoms. The van der Waals surface area contributed by atoms with E-state index in [9.17, 15) is 4.79 Å². The zero-order valence-corrected chi connectivity index (χ0v) is 10.3. The van der Waals surface area contributed by atoms with Crippen molar-refractivity contribution < 1.29 is 4.79 Å². The number of amides is 1. The van der Waals surface area contributed by atoms with Crippen LogP contribution in [0.15, 0.2) is 36.5 Å². The summed E-state index contributed by atoms with van der Waals surface area (Å²) in [5.74, 6) is 0.0689. The number of hydrogen-bond acceptors (Lipinski definition) is 1. The molecule has 0 radical (unpaired) electrons. The van der Waals surface area contributed by atoms with Crippen molar-refractivity contribution in [2.75, 3.05) is 6.54 Å². The lowest BCUT2D eigenvalue weighted by Gasteiger charge is -2.03. The Bertz CT molecular complexity index is 227. The van der Waals surface area contributed by atoms with E-state index in [2.05, 4.69) is 11.9 Å². The molecule has 0 atom stereocenters. The largest absolute Gasteiger partial charge is 0.352 e. The molecule has 15 heavy (non-hydrogen) atoms. The summed E-state index contributed by atoms with van der Waals surface area (Å²) in [6, 6.07) is 0. The summed E-state index contributed by atoms with van der Waals surface area (Å²) in [6.45, 7) is 12.0. The topological polar surface area (TPSA) is 29.1 Å². The minimum Gasteiger partial charge on any atom is -0.352 e. The van der Waals surface area contributed by atoms with Crippen LogP contribution in [0.25, 0.3) is 0 Å². The standard InChI is InChI=1S/C11H17NO.C2H6/c1-4-7-10(8-5-2)9-12-11(13)6-3;1-2/h4-5,7-8H,1,6,9H2,2-3H3,(H,12,13);1-2H3/b8-5-,10-7+;. The van der Waals surface area contributed by atoms with Crippen LogP contribution in [0.1, 0.15) is 34.1 Å². The molecule has 0 aromatic carbocycles. The van der Waals surface area contributed by atoms with Gasteiger partial charge in [-0.1, -0.05) is 51.7 Å². The van der Waals surface area contributed by atoms with Gasteiger partial charge in [-0.15, -0.1) is 0 Å². The first-order chi connectivity index (χ1) is 7.24. The minimum atomic E-state index is 0.0689. The van der Waals surface area contributed by atoms with Gasteiger partial charge in [0.25, 0.3) is 0 Å². The summed E-state index contributed by atoms with van der Waals surface area (Å²) in [6.07, 6.45) is 8.02. The highest BCUT2D eigenvalue weighted by atomic mass is 16.1. The van der Waals surface area contributed by atoms with Crippen molar-refractivity contribution >= 4 is 5.91 Å². The number of hydrogen-bond donors (Lipinski definition) is 1. The van der Waals surface area contributed by atoms with Gasteiger partial charge in [0.05, 0.1) is 0 Å². The first-order valence-corrected chi connectivity index (χ1v) is 5.45. The second kappa shape index (κ2) is 12.7. The normalized spacial score (nSPS) is 10.5. The maximum Gasteiger partial charge on any atom is 0.219 e. The van der Waals surface area contributed by atoms with Crippen molar-refractivity contribution in [2.24, 2.45) is 0 Å². The van der Waals surface area contributed by atoms with Gasteiger partial charge in [0.2, 0.25) is 5.91 Å². The Labute approximate surface area is 93.8 Å². The molecule has 0 bridgehead atoms. The first kappa shape index (κ1) is 16.1. The molecule has 86 valence electrons. The third kappa shape index (κ3) is 10.6. The van der Waals surface area contributed by atoms with Crippen LogP contribution in [0.3, 0.4) is 0 Å². The maximum absolute atomic E-state index is 10.9. The van der Waals surface area contributed by atoms with Crippen LogP contribution in [0.5, 0.6) is 0 Å². The highest BCUT2D eigenvalue weighted by Crippen LogP contribution is 1.95. The maximum atomic E-state index is 10.9. The van der Waals surface area contributed by atoms with E-state index in [-0.39, 0.29) is 5.91 Å². The monoisotopic (exact) mass is 209 g/mol. The van der Waals surface area contributed by atoms with Crippen LogP contribution in [0, 0.1) is 0 Å². The molecule has 0 aromatic rings. The van der Waals surface area contributed by atoms with Gasteiger partial charge in [0, 0.05) is 13.0 Å². The van der Waals surface area contributed by atoms with E-state index in [0.717, 1.165) is 5.57 Å². The Morgan fingerprint density at radius 1 is 1.40 bits per heavy atom. The van der Waals surface area contributed by atoms with E-state index < -0.39 is 0 Å². The average molecular weight is 209 g/mol. The molecule has 0 heterocycles. The van der Waals surface area contributed by atoms with Crippen LogP contribution >= 0.6 is 0 Å². The molecule has 0 rings (SSSR count). The van der Waals surface area contributed by atoms with Crippen LogP contribution < -0.4 is 5.32 Å². The van der Waals surface area contributed by atoms with Crippen LogP contribution in [-0.2, 0) is 4.79 Å². The van der Waals surface area contributed by atoms with Gasteiger partial charge in [-0.25, -0.2) is 0 Å². The summed E-state index contributed by atoms with van der Waals surface area (Å²) >= 11 is 0. The highest BCUT2D eigenvalue weighted by Gasteiger charge is 1.96. The molecule has 1 amide bonds. The van der Waals surface area contributed by atoms with Gasteiger partial charge in [-0.05, 0) is 12.5 Å². The second-order valence-electron chi connectivity index (χ2n) is 2.61. The molecule has 0 fully saturated rings. The quantitative estimate of drug-likeness (QED) is 0.692. The highest BCUT2D eigenvalue weighted by molar-refractivity contribution is 5.75. The summed E-state index contributed by atoms with van der Waals surface area (Å²) in [4.78, 5) is 10.9. The van der Waals surface area contributed by atoms with Crippen molar-refractivity contribution in [1.29, 1.82) is 0 Å². The molecule has 0 saturated heterocycles. The number of nitrogens with one attached hydrogen (secondary N) is 1. The van der Waals surface area contributed by atoms with Gasteiger partial charge < -0.3 is 5.32 Å². The predicted octanol–water partition coefficient (Wildman–Crippen LogP) is 3.23. The van der Waals surface area contributed by atoms with Gasteiger partial charge in [-0.3, -0.25) is 4.79 Å². The smallest absolute Gasteiger partial charge is 0.219 e. The molecule has 0 aromatic heterocycles. The van der Waals surface area contributed by atoms with E-state index in [1.54, 1.807) is 6.08 Å². The van der Waals surface area contributed by atoms with E-state index in [0.29, 0.717) is 13.0 Å². The summed E-state index contributed by atoms with van der Waals surface area (Å²) in [5, 5.41) is 2.80. The van der Waals surface area contributed by atoms with Crippen molar-refractivity contribution in [2.45, 2.75) is 34.1 Å². The van der Waals surface area contributed by atoms with E-state index >= 15 is 0 Å². The molecule has 0 aliphatic carbocycles. The molecule has 0 spiro atoms. The molecular weight excluding hydrogens is 186 g/mol. The molecule has 0 aliphatic heterocycles. The number of carbonyl (C=O) groups is 1. The van der Waals surface area contributed by atoms with Crippen LogP contribution in [0.2, 0.25) is 0 Å². The van der Waals surface area contributed by atoms with Crippen molar-refractivity contribution in [1.82, 2.24) is 5.32 Å². The average Bonchev–Trinajstić information content (AvgIpc) is 2.28. The lowest BCUT2D eigenvalue weighted by atomic mass is 10.2. The van der Waals surface area contributed by atoms with Gasteiger partial charge in [0.15, 0.2) is 0 Å². The Morgan fingerprint density at radius 3 is 2.40 bits per heavy atom. The van der Waals surface area contributed by atoms with E-state index in [1.165, 1.54) is 0 Å². The third-order valence-corrected chi connectivity index (χ3v) is 1.52. The lowest BCUT2D eigenvalue weighted by molar-refractivity contribution is -0.120. The molecule has 0 aliphatic rings. The first-order valence-electron chi connectivity index (χ1n) is 5.45. The van der Waals surface area contributed by atoms with Crippen LogP contribution in [0.4, 0.5) is 0 Å². The van der Waals surface area contributed by atoms with E-state index in [1.807, 2.05) is 45.9 Å². The number of allylic oxidation sites excluding steroid dienone is 3. The van der Waals surface area contributed by atoms with Crippen molar-refractivity contribution in [3.63, 3.8) is 0 Å². The second-order valence-corrected chi connectivity index (χ2v) is 2.61. The fraction of sp³-hybridized carbons (Fsp3) is 0.462. The van der Waals surface area contributed by atoms with Gasteiger partial charge >= 0.3 is 0 Å². The molecule has 1 N–H and O–H groups in total. The Hall–Kier alpha value is -1.31. The summed E-state index contributed by atoms with van der Waals surface area (Å²) in [5.41, 5.74) is 1.05. The van der Waals surface area contributed by atoms with Gasteiger partial charge in [-0.2, -0.15) is 0 Å². The fourth-order valence-corrected chi connectivity index (χ4v) is 0.865. The predicted molar refractivity (Wildman–Crippen MR) is 67.7 cm³/mol. The van der Waals surface area contributed by atoms with Crippen molar-refractivity contribution in [3.8, 4) is 0 Å². The van der Waals surface area contributed by atoms with Crippen molar-refractivity contribution in [3.05, 3.63) is 36.5 Å². The summed E-state index contributed by atoms with van der Waals surface area (Å²) in [7, 11) is 0. The minimum absolute atomic E-state index is 0.0689. The third-order valence-electron chi connectivity index (χ3n) is 1.52. The zero-order chi connectivity index (χ0) is 12.1. The van der Waals surface area contributed by atoms with Crippen LogP contribution in [-0.4, -0.2) is 12.5 Å².